The Morgan fingerprint density at radius 3 is 2.50 bits per heavy atom. The van der Waals surface area contributed by atoms with Crippen LogP contribution in [0.3, 0.4) is 0 Å². The molecule has 0 saturated carbocycles. The highest BCUT2D eigenvalue weighted by Gasteiger charge is 2.28. The molecule has 0 bridgehead atoms. The summed E-state index contributed by atoms with van der Waals surface area (Å²) in [4.78, 5) is 20.0. The lowest BCUT2D eigenvalue weighted by atomic mass is 9.87. The first-order chi connectivity index (χ1) is 16.3. The second-order valence-corrected chi connectivity index (χ2v) is 9.07. The lowest BCUT2D eigenvalue weighted by Crippen LogP contribution is -2.38. The summed E-state index contributed by atoms with van der Waals surface area (Å²) < 4.78 is 14.6. The zero-order valence-electron chi connectivity index (χ0n) is 19.9. The van der Waals surface area contributed by atoms with Crippen LogP contribution in [-0.4, -0.2) is 49.1 Å². The Bertz CT molecular complexity index is 1180. The van der Waals surface area contributed by atoms with Gasteiger partial charge in [0.2, 0.25) is 5.95 Å². The van der Waals surface area contributed by atoms with E-state index in [0.29, 0.717) is 17.4 Å². The Hall–Kier alpha value is -3.33. The van der Waals surface area contributed by atoms with E-state index in [2.05, 4.69) is 45.6 Å². The van der Waals surface area contributed by atoms with Crippen LogP contribution >= 0.6 is 0 Å². The summed E-state index contributed by atoms with van der Waals surface area (Å²) in [6.45, 7) is 8.50. The molecule has 4 heterocycles. The summed E-state index contributed by atoms with van der Waals surface area (Å²) in [6.07, 6.45) is 4.97. The number of likely N-dealkylation sites (tertiary alicyclic amines) is 1. The van der Waals surface area contributed by atoms with Crippen molar-refractivity contribution in [2.75, 3.05) is 24.6 Å². The van der Waals surface area contributed by atoms with E-state index in [4.69, 9.17) is 11.5 Å². The Kier molecular flexibility index (Phi) is 6.92. The van der Waals surface area contributed by atoms with E-state index in [1.54, 1.807) is 6.07 Å². The molecule has 1 saturated heterocycles. The Morgan fingerprint density at radius 1 is 1.09 bits per heavy atom. The van der Waals surface area contributed by atoms with Crippen molar-refractivity contribution in [1.29, 1.82) is 0 Å². The molecule has 0 aromatic carbocycles. The highest BCUT2D eigenvalue weighted by Crippen LogP contribution is 2.38. The topological polar surface area (TPSA) is 127 Å². The van der Waals surface area contributed by atoms with Crippen LogP contribution in [0.4, 0.5) is 16.2 Å². The van der Waals surface area contributed by atoms with E-state index >= 15 is 0 Å². The number of nitrogens with zero attached hydrogens (tertiary/aromatic N) is 5. The number of hydrogen-bond acceptors (Lipinski definition) is 8. The maximum absolute atomic E-state index is 14.6. The molecule has 0 radical (unpaired) electrons. The minimum absolute atomic E-state index is 0.0535. The summed E-state index contributed by atoms with van der Waals surface area (Å²) in [5, 5.41) is 10.7. The smallest absolute Gasteiger partial charge is 0.220 e. The highest BCUT2D eigenvalue weighted by molar-refractivity contribution is 5.73. The van der Waals surface area contributed by atoms with Gasteiger partial charge in [-0.2, -0.15) is 0 Å². The molecule has 0 amide bonds. The molecule has 0 spiro atoms. The maximum Gasteiger partial charge on any atom is 0.220 e. The minimum Gasteiger partial charge on any atom is -0.506 e. The molecule has 5 N–H and O–H groups in total. The molecule has 4 rings (SSSR count). The fourth-order valence-electron chi connectivity index (χ4n) is 4.67. The van der Waals surface area contributed by atoms with Gasteiger partial charge in [-0.3, -0.25) is 0 Å². The molecule has 0 unspecified atom stereocenters. The van der Waals surface area contributed by atoms with E-state index in [9.17, 15) is 9.50 Å². The summed E-state index contributed by atoms with van der Waals surface area (Å²) in [6, 6.07) is 5.05. The molecule has 0 aliphatic carbocycles. The molecule has 9 heteroatoms. The third-order valence-corrected chi connectivity index (χ3v) is 6.49. The maximum atomic E-state index is 14.6. The van der Waals surface area contributed by atoms with E-state index in [-0.39, 0.29) is 34.7 Å². The molecule has 1 aliphatic rings. The Labute approximate surface area is 199 Å². The molecule has 8 nitrogen and oxygen atoms in total. The van der Waals surface area contributed by atoms with Crippen molar-refractivity contribution in [3.05, 3.63) is 41.5 Å². The van der Waals surface area contributed by atoms with Gasteiger partial charge >= 0.3 is 0 Å². The molecular weight excluding hydrogens is 433 g/mol. The minimum atomic E-state index is -0.653. The van der Waals surface area contributed by atoms with Gasteiger partial charge in [0.15, 0.2) is 11.6 Å². The first kappa shape index (κ1) is 23.8. The molecule has 180 valence electrons. The number of aromatic nitrogens is 4. The van der Waals surface area contributed by atoms with Gasteiger partial charge < -0.3 is 21.5 Å². The molecule has 3 aromatic rings. The lowest BCUT2D eigenvalue weighted by molar-refractivity contribution is 0.170. The molecule has 3 aromatic heterocycles. The van der Waals surface area contributed by atoms with Crippen molar-refractivity contribution in [2.45, 2.75) is 58.4 Å². The fraction of sp³-hybridized carbons (Fsp3) is 0.440. The van der Waals surface area contributed by atoms with E-state index < -0.39 is 5.82 Å². The summed E-state index contributed by atoms with van der Waals surface area (Å²) in [5.74, 6) is -0.519. The molecule has 34 heavy (non-hydrogen) atoms. The quantitative estimate of drug-likeness (QED) is 0.495. The second kappa shape index (κ2) is 9.89. The molecule has 1 fully saturated rings. The Morgan fingerprint density at radius 2 is 1.82 bits per heavy atom. The SMILES string of the molecule is CCCc1c(-c2nc(-c3ccnc(N)c3F)ccc2O)nc(N)nc1C1CCN(C(C)C)CC1. The molecule has 0 atom stereocenters. The number of anilines is 2. The van der Waals surface area contributed by atoms with Crippen LogP contribution in [-0.2, 0) is 6.42 Å². The third-order valence-electron chi connectivity index (χ3n) is 6.49. The molecule has 1 aliphatic heterocycles. The second-order valence-electron chi connectivity index (χ2n) is 9.07. The predicted molar refractivity (Wildman–Crippen MR) is 132 cm³/mol. The van der Waals surface area contributed by atoms with Crippen molar-refractivity contribution < 1.29 is 9.50 Å². The average Bonchev–Trinajstić information content (AvgIpc) is 2.82. The number of rotatable bonds is 6. The third kappa shape index (κ3) is 4.65. The molecular formula is C25H32FN7O. The van der Waals surface area contributed by atoms with E-state index in [1.165, 1.54) is 18.3 Å². The predicted octanol–water partition coefficient (Wildman–Crippen LogP) is 4.15. The number of aromatic hydroxyl groups is 1. The lowest BCUT2D eigenvalue weighted by Gasteiger charge is -2.35. The van der Waals surface area contributed by atoms with Gasteiger partial charge in [-0.25, -0.2) is 24.3 Å². The van der Waals surface area contributed by atoms with Gasteiger partial charge in [0.1, 0.15) is 17.1 Å². The van der Waals surface area contributed by atoms with Crippen molar-refractivity contribution in [3.63, 3.8) is 0 Å². The summed E-state index contributed by atoms with van der Waals surface area (Å²) in [5.41, 5.74) is 15.0. The van der Waals surface area contributed by atoms with Crippen LogP contribution < -0.4 is 11.5 Å². The van der Waals surface area contributed by atoms with Gasteiger partial charge in [0.05, 0.1) is 11.4 Å². The number of hydrogen-bond donors (Lipinski definition) is 3. The van der Waals surface area contributed by atoms with Crippen molar-refractivity contribution in [3.8, 4) is 28.4 Å². The van der Waals surface area contributed by atoms with Crippen LogP contribution in [0.2, 0.25) is 0 Å². The van der Waals surface area contributed by atoms with Gasteiger partial charge in [0, 0.05) is 29.3 Å². The zero-order chi connectivity index (χ0) is 24.4. The van der Waals surface area contributed by atoms with Crippen LogP contribution in [0.15, 0.2) is 24.4 Å². The van der Waals surface area contributed by atoms with Gasteiger partial charge in [-0.05, 0) is 64.4 Å². The monoisotopic (exact) mass is 465 g/mol. The first-order valence-corrected chi connectivity index (χ1v) is 11.8. The number of nitrogens with two attached hydrogens (primary N) is 2. The van der Waals surface area contributed by atoms with E-state index in [1.807, 2.05) is 0 Å². The number of halogens is 1. The number of nitrogen functional groups attached to an aromatic ring is 2. The normalized spacial score (nSPS) is 15.2. The Balaban J connectivity index is 1.81. The first-order valence-electron chi connectivity index (χ1n) is 11.8. The van der Waals surface area contributed by atoms with Crippen LogP contribution in [0.25, 0.3) is 22.6 Å². The zero-order valence-corrected chi connectivity index (χ0v) is 19.9. The van der Waals surface area contributed by atoms with Crippen LogP contribution in [0.5, 0.6) is 5.75 Å². The largest absolute Gasteiger partial charge is 0.506 e. The standard InChI is InChI=1S/C25H32FN7O/c1-4-5-17-21(15-9-12-33(13-10-15)14(2)3)31-25(28)32-22(17)23-19(34)7-6-18(30-23)16-8-11-29-24(27)20(16)26/h6-8,11,14-15,34H,4-5,9-10,12-13H2,1-3H3,(H2,27,29)(H2,28,31,32). The van der Waals surface area contributed by atoms with Gasteiger partial charge in [0.25, 0.3) is 0 Å². The van der Waals surface area contributed by atoms with Crippen LogP contribution in [0.1, 0.15) is 57.2 Å². The van der Waals surface area contributed by atoms with Crippen molar-refractivity contribution in [1.82, 2.24) is 24.8 Å². The summed E-state index contributed by atoms with van der Waals surface area (Å²) in [7, 11) is 0. The van der Waals surface area contributed by atoms with Gasteiger partial charge in [-0.1, -0.05) is 13.3 Å². The van der Waals surface area contributed by atoms with E-state index in [0.717, 1.165) is 50.0 Å². The fourth-order valence-corrected chi connectivity index (χ4v) is 4.67. The highest BCUT2D eigenvalue weighted by atomic mass is 19.1. The number of pyridine rings is 2. The number of piperidine rings is 1. The van der Waals surface area contributed by atoms with Crippen LogP contribution in [0, 0.1) is 5.82 Å². The summed E-state index contributed by atoms with van der Waals surface area (Å²) >= 11 is 0. The average molecular weight is 466 g/mol. The van der Waals surface area contributed by atoms with Crippen molar-refractivity contribution in [2.24, 2.45) is 0 Å². The van der Waals surface area contributed by atoms with Gasteiger partial charge in [-0.15, -0.1) is 0 Å². The van der Waals surface area contributed by atoms with Crippen molar-refractivity contribution >= 4 is 11.8 Å².